The summed E-state index contributed by atoms with van der Waals surface area (Å²) in [5.41, 5.74) is -0.0717. The van der Waals surface area contributed by atoms with Gasteiger partial charge in [0.25, 0.3) is 0 Å². The highest BCUT2D eigenvalue weighted by Crippen LogP contribution is 2.34. The molecule has 18 heavy (non-hydrogen) atoms. The fourth-order valence-corrected chi connectivity index (χ4v) is 2.37. The fourth-order valence-electron chi connectivity index (χ4n) is 2.37. The molecule has 5 heteroatoms. The average Bonchev–Trinajstić information content (AvgIpc) is 2.32. The number of carboxylic acid groups (broad SMARTS) is 1. The number of nitrogens with zero attached hydrogens (tertiary/aromatic N) is 2. The number of rotatable bonds is 3. The van der Waals surface area contributed by atoms with Crippen LogP contribution in [-0.2, 0) is 4.79 Å². The minimum absolute atomic E-state index is 0.409. The number of carbonyl (C=O) groups is 1. The van der Waals surface area contributed by atoms with Crippen LogP contribution < -0.4 is 5.32 Å². The van der Waals surface area contributed by atoms with Gasteiger partial charge in [-0.2, -0.15) is 0 Å². The summed E-state index contributed by atoms with van der Waals surface area (Å²) in [6, 6.07) is 1.79. The van der Waals surface area contributed by atoms with E-state index >= 15 is 0 Å². The second-order valence-electron chi connectivity index (χ2n) is 5.22. The van der Waals surface area contributed by atoms with Gasteiger partial charge in [-0.3, -0.25) is 0 Å². The number of aryl methyl sites for hydroxylation is 1. The first-order valence-electron chi connectivity index (χ1n) is 6.33. The van der Waals surface area contributed by atoms with E-state index in [-0.39, 0.29) is 0 Å². The molecule has 0 radical (unpaired) electrons. The third kappa shape index (κ3) is 2.60. The number of aromatic nitrogens is 2. The number of aliphatic carboxylic acids is 1. The molecule has 1 fully saturated rings. The summed E-state index contributed by atoms with van der Waals surface area (Å²) >= 11 is 0. The minimum Gasteiger partial charge on any atom is -0.480 e. The van der Waals surface area contributed by atoms with Gasteiger partial charge in [-0.1, -0.05) is 6.92 Å². The molecule has 1 aliphatic carbocycles. The van der Waals surface area contributed by atoms with Gasteiger partial charge in [0.2, 0.25) is 5.95 Å². The summed E-state index contributed by atoms with van der Waals surface area (Å²) < 4.78 is 0. The predicted molar refractivity (Wildman–Crippen MR) is 68.4 cm³/mol. The summed E-state index contributed by atoms with van der Waals surface area (Å²) in [5.74, 6) is 0.198. The summed E-state index contributed by atoms with van der Waals surface area (Å²) in [6.07, 6.45) is 4.74. The van der Waals surface area contributed by atoms with Crippen molar-refractivity contribution in [2.24, 2.45) is 5.92 Å². The number of hydrogen-bond acceptors (Lipinski definition) is 4. The molecule has 0 aromatic carbocycles. The fraction of sp³-hybridized carbons (Fsp3) is 0.615. The van der Waals surface area contributed by atoms with Crippen molar-refractivity contribution in [1.82, 2.24) is 9.97 Å². The van der Waals surface area contributed by atoms with Crippen LogP contribution in [0.2, 0.25) is 0 Å². The lowest BCUT2D eigenvalue weighted by molar-refractivity contribution is -0.143. The third-order valence-corrected chi connectivity index (χ3v) is 3.68. The van der Waals surface area contributed by atoms with Crippen LogP contribution >= 0.6 is 0 Å². The Bertz CT molecular complexity index is 440. The quantitative estimate of drug-likeness (QED) is 0.859. The molecule has 0 atom stereocenters. The van der Waals surface area contributed by atoms with Crippen molar-refractivity contribution in [1.29, 1.82) is 0 Å². The molecule has 0 spiro atoms. The standard InChI is InChI=1S/C13H19N3O2/c1-9-3-6-13(7-4-9,11(17)18)16-12-14-8-5-10(2)15-12/h5,8-9H,3-4,6-7H2,1-2H3,(H,17,18)(H,14,15,16). The van der Waals surface area contributed by atoms with Crippen LogP contribution in [0.5, 0.6) is 0 Å². The van der Waals surface area contributed by atoms with Crippen LogP contribution in [0, 0.1) is 12.8 Å². The molecule has 2 rings (SSSR count). The first-order chi connectivity index (χ1) is 8.52. The molecule has 98 valence electrons. The Morgan fingerprint density at radius 2 is 2.17 bits per heavy atom. The smallest absolute Gasteiger partial charge is 0.329 e. The zero-order chi connectivity index (χ0) is 13.2. The van der Waals surface area contributed by atoms with Crippen LogP contribution in [0.1, 0.15) is 38.3 Å². The highest BCUT2D eigenvalue weighted by molar-refractivity contribution is 5.82. The van der Waals surface area contributed by atoms with E-state index in [1.165, 1.54) is 0 Å². The summed E-state index contributed by atoms with van der Waals surface area (Å²) in [7, 11) is 0. The van der Waals surface area contributed by atoms with Gasteiger partial charge in [0, 0.05) is 11.9 Å². The van der Waals surface area contributed by atoms with Gasteiger partial charge in [-0.15, -0.1) is 0 Å². The minimum atomic E-state index is -0.902. The average molecular weight is 249 g/mol. The molecule has 0 aliphatic heterocycles. The van der Waals surface area contributed by atoms with E-state index in [1.807, 2.05) is 6.92 Å². The molecule has 5 nitrogen and oxygen atoms in total. The number of nitrogens with one attached hydrogen (secondary N) is 1. The van der Waals surface area contributed by atoms with E-state index in [9.17, 15) is 9.90 Å². The molecular weight excluding hydrogens is 230 g/mol. The monoisotopic (exact) mass is 249 g/mol. The van der Waals surface area contributed by atoms with E-state index in [1.54, 1.807) is 12.3 Å². The van der Waals surface area contributed by atoms with E-state index < -0.39 is 11.5 Å². The molecule has 2 N–H and O–H groups in total. The summed E-state index contributed by atoms with van der Waals surface area (Å²) in [5, 5.41) is 12.5. The van der Waals surface area contributed by atoms with E-state index in [2.05, 4.69) is 22.2 Å². The molecule has 1 aliphatic rings. The van der Waals surface area contributed by atoms with Gasteiger partial charge in [0.15, 0.2) is 0 Å². The Kier molecular flexibility index (Phi) is 3.50. The Labute approximate surface area is 107 Å². The first-order valence-corrected chi connectivity index (χ1v) is 6.33. The maximum atomic E-state index is 11.6. The molecule has 0 saturated heterocycles. The van der Waals surface area contributed by atoms with Gasteiger partial charge >= 0.3 is 5.97 Å². The highest BCUT2D eigenvalue weighted by atomic mass is 16.4. The number of hydrogen-bond donors (Lipinski definition) is 2. The van der Waals surface area contributed by atoms with Crippen LogP contribution in [0.25, 0.3) is 0 Å². The van der Waals surface area contributed by atoms with Crippen LogP contribution in [0.15, 0.2) is 12.3 Å². The van der Waals surface area contributed by atoms with Crippen molar-refractivity contribution in [2.75, 3.05) is 5.32 Å². The second kappa shape index (κ2) is 4.92. The van der Waals surface area contributed by atoms with E-state index in [4.69, 9.17) is 0 Å². The van der Waals surface area contributed by atoms with Crippen molar-refractivity contribution >= 4 is 11.9 Å². The molecule has 0 bridgehead atoms. The molecule has 0 unspecified atom stereocenters. The molecule has 1 aromatic heterocycles. The molecule has 1 aromatic rings. The van der Waals surface area contributed by atoms with Gasteiger partial charge < -0.3 is 10.4 Å². The van der Waals surface area contributed by atoms with Crippen LogP contribution in [-0.4, -0.2) is 26.6 Å². The van der Waals surface area contributed by atoms with Gasteiger partial charge in [0.1, 0.15) is 5.54 Å². The van der Waals surface area contributed by atoms with Gasteiger partial charge in [-0.05, 0) is 44.6 Å². The Hall–Kier alpha value is -1.65. The molecule has 1 heterocycles. The Balaban J connectivity index is 2.19. The van der Waals surface area contributed by atoms with Crippen molar-refractivity contribution in [3.05, 3.63) is 18.0 Å². The first kappa shape index (κ1) is 12.8. The van der Waals surface area contributed by atoms with Crippen molar-refractivity contribution in [2.45, 2.75) is 45.1 Å². The highest BCUT2D eigenvalue weighted by Gasteiger charge is 2.41. The molecular formula is C13H19N3O2. The summed E-state index contributed by atoms with van der Waals surface area (Å²) in [6.45, 7) is 4.03. The Morgan fingerprint density at radius 1 is 1.50 bits per heavy atom. The molecule has 0 amide bonds. The summed E-state index contributed by atoms with van der Waals surface area (Å²) in [4.78, 5) is 19.9. The zero-order valence-electron chi connectivity index (χ0n) is 10.8. The number of carboxylic acids is 1. The maximum absolute atomic E-state index is 11.6. The lowest BCUT2D eigenvalue weighted by Crippen LogP contribution is -2.49. The van der Waals surface area contributed by atoms with Crippen molar-refractivity contribution < 1.29 is 9.90 Å². The third-order valence-electron chi connectivity index (χ3n) is 3.68. The van der Waals surface area contributed by atoms with Crippen LogP contribution in [0.4, 0.5) is 5.95 Å². The second-order valence-corrected chi connectivity index (χ2v) is 5.22. The topological polar surface area (TPSA) is 75.1 Å². The van der Waals surface area contributed by atoms with E-state index in [0.717, 1.165) is 18.5 Å². The Morgan fingerprint density at radius 3 is 2.72 bits per heavy atom. The maximum Gasteiger partial charge on any atom is 0.329 e. The molecule has 1 saturated carbocycles. The number of anilines is 1. The van der Waals surface area contributed by atoms with E-state index in [0.29, 0.717) is 24.7 Å². The SMILES string of the molecule is Cc1ccnc(NC2(C(=O)O)CCC(C)CC2)n1. The van der Waals surface area contributed by atoms with Crippen molar-refractivity contribution in [3.63, 3.8) is 0 Å². The predicted octanol–water partition coefficient (Wildman–Crippen LogP) is 2.23. The van der Waals surface area contributed by atoms with Crippen molar-refractivity contribution in [3.8, 4) is 0 Å². The normalized spacial score (nSPS) is 27.8. The van der Waals surface area contributed by atoms with Crippen LogP contribution in [0.3, 0.4) is 0 Å². The lowest BCUT2D eigenvalue weighted by Gasteiger charge is -2.36. The largest absolute Gasteiger partial charge is 0.480 e. The zero-order valence-corrected chi connectivity index (χ0v) is 10.8. The van der Waals surface area contributed by atoms with Gasteiger partial charge in [-0.25, -0.2) is 14.8 Å². The van der Waals surface area contributed by atoms with Gasteiger partial charge in [0.05, 0.1) is 0 Å². The lowest BCUT2D eigenvalue weighted by atomic mass is 9.77.